The van der Waals surface area contributed by atoms with E-state index in [2.05, 4.69) is 391 Å². The zero-order chi connectivity index (χ0) is 87.9. The predicted molar refractivity (Wildman–Crippen MR) is 490 cm³/mol. The summed E-state index contributed by atoms with van der Waals surface area (Å²) in [5, 5.41) is 39.7. The summed E-state index contributed by atoms with van der Waals surface area (Å²) in [6, 6.07) is 7.58. The molecule has 8 saturated carbocycles. The average Bonchev–Trinajstić information content (AvgIpc) is 0.878. The van der Waals surface area contributed by atoms with E-state index >= 15 is 0 Å². The Hall–Kier alpha value is -0.640. The lowest BCUT2D eigenvalue weighted by atomic mass is 9.83. The molecule has 0 heterocycles. The fraction of sp³-hybridized carbons (Fsp3) is 1.00. The molecule has 0 aromatic rings. The highest BCUT2D eigenvalue weighted by atomic mass is 16.5. The van der Waals surface area contributed by atoms with Crippen LogP contribution >= 0.6 is 0 Å². The van der Waals surface area contributed by atoms with Gasteiger partial charge in [0.1, 0.15) is 0 Å². The Bertz CT molecular complexity index is 1820. The smallest absolute Gasteiger partial charge is 0.0612 e. The van der Waals surface area contributed by atoms with E-state index in [-0.39, 0.29) is 88.9 Å². The molecule has 8 aliphatic carbocycles. The molecule has 0 bridgehead atoms. The summed E-state index contributed by atoms with van der Waals surface area (Å²) in [6.45, 7) is 105. The third-order valence-corrected chi connectivity index (χ3v) is 18.5. The fourth-order valence-electron chi connectivity index (χ4n) is 15.7. The monoisotopic (exact) mass is 1590 g/mol. The highest BCUT2D eigenvalue weighted by molar-refractivity contribution is 5.00. The summed E-state index contributed by atoms with van der Waals surface area (Å²) >= 11 is 0. The lowest BCUT2D eigenvalue weighted by Gasteiger charge is -2.43. The molecule has 8 fully saturated rings. The number of rotatable bonds is 16. The maximum absolute atomic E-state index is 5.88. The van der Waals surface area contributed by atoms with Crippen LogP contribution in [0.3, 0.4) is 0 Å². The molecule has 0 spiro atoms. The number of hydrogen-bond donors (Lipinski definition) is 11. The van der Waals surface area contributed by atoms with E-state index < -0.39 is 0 Å². The van der Waals surface area contributed by atoms with Crippen LogP contribution in [-0.4, -0.2) is 186 Å². The van der Waals surface area contributed by atoms with Gasteiger partial charge >= 0.3 is 0 Å². The molecule has 0 aliphatic heterocycles. The maximum Gasteiger partial charge on any atom is 0.0612 e. The molecule has 8 rings (SSSR count). The number of hydrogen-bond acceptors (Lipinski definition) is 16. The molecule has 11 N–H and O–H groups in total. The van der Waals surface area contributed by atoms with Gasteiger partial charge in [-0.2, -0.15) is 0 Å². The van der Waals surface area contributed by atoms with Gasteiger partial charge < -0.3 is 82.2 Å². The van der Waals surface area contributed by atoms with E-state index in [0.717, 1.165) is 100 Å². The minimum absolute atomic E-state index is 0.0113. The molecule has 8 aliphatic rings. The fourth-order valence-corrected chi connectivity index (χ4v) is 15.7. The van der Waals surface area contributed by atoms with Crippen LogP contribution in [0.15, 0.2) is 0 Å². The van der Waals surface area contributed by atoms with Gasteiger partial charge in [-0.3, -0.25) is 0 Å². The normalized spacial score (nSPS) is 28.7. The van der Waals surface area contributed by atoms with Gasteiger partial charge in [0.25, 0.3) is 0 Å². The Morgan fingerprint density at radius 2 is 0.196 bits per heavy atom. The van der Waals surface area contributed by atoms with Gasteiger partial charge in [-0.15, -0.1) is 0 Å². The Labute approximate surface area is 699 Å². The first-order valence-corrected chi connectivity index (χ1v) is 45.2. The predicted octanol–water partition coefficient (Wildman–Crippen LogP) is 20.5. The third-order valence-electron chi connectivity index (χ3n) is 18.5. The first-order chi connectivity index (χ1) is 49.3. The van der Waals surface area contributed by atoms with Crippen molar-refractivity contribution in [2.24, 2.45) is 0 Å². The minimum atomic E-state index is 0.0113. The van der Waals surface area contributed by atoms with Crippen molar-refractivity contribution in [3.63, 3.8) is 0 Å². The molecular weight excluding hydrogens is 1390 g/mol. The number of ether oxygens (including phenoxy) is 5. The zero-order valence-electron chi connectivity index (χ0n) is 84.1. The van der Waals surface area contributed by atoms with E-state index in [4.69, 9.17) is 23.7 Å². The van der Waals surface area contributed by atoms with Crippen molar-refractivity contribution >= 4 is 0 Å². The van der Waals surface area contributed by atoms with Crippen LogP contribution in [0.5, 0.6) is 0 Å². The van der Waals surface area contributed by atoms with Crippen molar-refractivity contribution < 1.29 is 23.7 Å². The molecule has 0 aromatic heterocycles. The highest BCUT2D eigenvalue weighted by Gasteiger charge is 2.41. The molecule has 0 saturated heterocycles. The van der Waals surface area contributed by atoms with Crippen LogP contribution in [0, 0.1) is 0 Å². The van der Waals surface area contributed by atoms with Crippen molar-refractivity contribution in [2.75, 3.05) is 0 Å². The van der Waals surface area contributed by atoms with Crippen LogP contribution in [0.2, 0.25) is 0 Å². The van der Waals surface area contributed by atoms with Gasteiger partial charge in [-0.05, 0) is 435 Å². The summed E-state index contributed by atoms with van der Waals surface area (Å²) < 4.78 is 29.4. The largest absolute Gasteiger partial charge is 0.373 e. The summed E-state index contributed by atoms with van der Waals surface area (Å²) in [5.74, 6) is 0. The van der Waals surface area contributed by atoms with Crippen molar-refractivity contribution in [2.45, 2.75) is 621 Å². The van der Waals surface area contributed by atoms with Crippen molar-refractivity contribution in [1.29, 1.82) is 0 Å². The quantitative estimate of drug-likeness (QED) is 0.0703. The van der Waals surface area contributed by atoms with Gasteiger partial charge in [-0.1, -0.05) is 0 Å². The average molecular weight is 1590 g/mol. The lowest BCUT2D eigenvalue weighted by Crippen LogP contribution is -2.58. The maximum atomic E-state index is 5.88. The molecule has 16 nitrogen and oxygen atoms in total. The Morgan fingerprint density at radius 3 is 0.259 bits per heavy atom. The van der Waals surface area contributed by atoms with E-state index in [9.17, 15) is 0 Å². The summed E-state index contributed by atoms with van der Waals surface area (Å²) in [5.41, 5.74) is 2.79. The van der Waals surface area contributed by atoms with Crippen LogP contribution in [-0.2, 0) is 23.7 Å². The molecule has 0 atom stereocenters. The van der Waals surface area contributed by atoms with Gasteiger partial charge in [0, 0.05) is 127 Å². The SMILES string of the molecule is CC(C)(C)NC1CC(NC(C)(C)C)C1.CC(C)(C)NC1CC(NC(C)(C)C)C1.CC(C)(C)NC1CC(NC(C)(C)C)C1.CC(C)(C)NC1CC(OC(C)(C)C)C1.CC(C)(C)NC1CC(OC(C)(C)C)C1.CC(C)(C)NC1CC(OC(C)(C)C)C1.CC(C)(C)NC1CC(OC(C)(C)C)C1.CC(C)(C)NC1CC(OC(C)(C)C)C1. The van der Waals surface area contributed by atoms with Gasteiger partial charge in [0.05, 0.1) is 58.5 Å². The van der Waals surface area contributed by atoms with Crippen molar-refractivity contribution in [3.05, 3.63) is 0 Å². The van der Waals surface area contributed by atoms with Gasteiger partial charge in [0.2, 0.25) is 0 Å². The van der Waals surface area contributed by atoms with Crippen LogP contribution in [0.4, 0.5) is 0 Å². The first-order valence-electron chi connectivity index (χ1n) is 45.2. The van der Waals surface area contributed by atoms with Crippen molar-refractivity contribution in [3.8, 4) is 0 Å². The molecule has 16 heteroatoms. The summed E-state index contributed by atoms with van der Waals surface area (Å²) in [7, 11) is 0. The molecule has 0 aromatic carbocycles. The topological polar surface area (TPSA) is 178 Å². The van der Waals surface area contributed by atoms with Crippen molar-refractivity contribution in [1.82, 2.24) is 58.5 Å². The van der Waals surface area contributed by atoms with E-state index in [1.807, 2.05) is 0 Å². The van der Waals surface area contributed by atoms with E-state index in [1.165, 1.54) is 38.5 Å². The first kappa shape index (κ1) is 109. The lowest BCUT2D eigenvalue weighted by molar-refractivity contribution is -0.105. The number of nitrogens with one attached hydrogen (secondary N) is 11. The van der Waals surface area contributed by atoms with Crippen LogP contribution < -0.4 is 58.5 Å². The van der Waals surface area contributed by atoms with Gasteiger partial charge in [0.15, 0.2) is 0 Å². The molecular formula is C96H203N11O5. The van der Waals surface area contributed by atoms with Crippen LogP contribution in [0.25, 0.3) is 0 Å². The molecule has 0 unspecified atom stereocenters. The second-order valence-corrected chi connectivity index (χ2v) is 52.0. The van der Waals surface area contributed by atoms with E-state index in [1.54, 1.807) is 0 Å². The Balaban J connectivity index is 0.000000640. The Kier molecular flexibility index (Phi) is 41.9. The summed E-state index contributed by atoms with van der Waals surface area (Å²) in [6.07, 6.45) is 21.6. The second kappa shape index (κ2) is 42.9. The summed E-state index contributed by atoms with van der Waals surface area (Å²) in [4.78, 5) is 0. The molecule has 0 radical (unpaired) electrons. The minimum Gasteiger partial charge on any atom is -0.373 e. The molecule has 672 valence electrons. The second-order valence-electron chi connectivity index (χ2n) is 52.0. The molecule has 0 amide bonds. The standard InChI is InChI=1S/3C12H26N2.5C12H25NO/c8*1-11(2,3)13-9-7-10(8-9)14-12(4,5)6/h3*9-10,13-14H,7-8H2,1-6H3;5*9-10,13H,7-8H2,1-6H3. The van der Waals surface area contributed by atoms with E-state index in [0.29, 0.717) is 60.7 Å². The van der Waals surface area contributed by atoms with Crippen LogP contribution in [0.1, 0.15) is 435 Å². The Morgan fingerprint density at radius 1 is 0.125 bits per heavy atom. The highest BCUT2D eigenvalue weighted by Crippen LogP contribution is 2.35. The molecule has 112 heavy (non-hydrogen) atoms. The third kappa shape index (κ3) is 62.5. The zero-order valence-corrected chi connectivity index (χ0v) is 84.1. The van der Waals surface area contributed by atoms with Gasteiger partial charge in [-0.25, -0.2) is 0 Å².